The standard InChI is InChI=1S/C16H18N2O2/c17-10-11-18-15-9-5-4-8-14(15)16(19)20-12-13-6-2-1-3-7-13/h1-9,18H,10-12,17H2. The van der Waals surface area contributed by atoms with Gasteiger partial charge in [0.1, 0.15) is 6.61 Å². The largest absolute Gasteiger partial charge is 0.457 e. The maximum absolute atomic E-state index is 12.1. The van der Waals surface area contributed by atoms with Crippen LogP contribution < -0.4 is 11.1 Å². The molecular formula is C16H18N2O2. The quantitative estimate of drug-likeness (QED) is 0.791. The van der Waals surface area contributed by atoms with Crippen molar-refractivity contribution in [3.8, 4) is 0 Å². The van der Waals surface area contributed by atoms with E-state index in [1.807, 2.05) is 48.5 Å². The second kappa shape index (κ2) is 7.31. The molecule has 0 aliphatic rings. The summed E-state index contributed by atoms with van der Waals surface area (Å²) >= 11 is 0. The predicted octanol–water partition coefficient (Wildman–Crippen LogP) is 2.41. The van der Waals surface area contributed by atoms with E-state index >= 15 is 0 Å². The molecule has 0 heterocycles. The summed E-state index contributed by atoms with van der Waals surface area (Å²) in [7, 11) is 0. The van der Waals surface area contributed by atoms with Crippen molar-refractivity contribution in [3.63, 3.8) is 0 Å². The zero-order valence-electron chi connectivity index (χ0n) is 11.2. The minimum atomic E-state index is -0.339. The highest BCUT2D eigenvalue weighted by Gasteiger charge is 2.11. The summed E-state index contributed by atoms with van der Waals surface area (Å²) in [6, 6.07) is 16.9. The number of benzene rings is 2. The Labute approximate surface area is 118 Å². The molecule has 0 aliphatic carbocycles. The van der Waals surface area contributed by atoms with Gasteiger partial charge >= 0.3 is 5.97 Å². The molecule has 0 saturated carbocycles. The summed E-state index contributed by atoms with van der Waals surface area (Å²) in [4.78, 5) is 12.1. The first-order valence-corrected chi connectivity index (χ1v) is 6.55. The summed E-state index contributed by atoms with van der Waals surface area (Å²) in [6.45, 7) is 1.39. The van der Waals surface area contributed by atoms with Crippen LogP contribution >= 0.6 is 0 Å². The van der Waals surface area contributed by atoms with Gasteiger partial charge in [0.2, 0.25) is 0 Å². The van der Waals surface area contributed by atoms with Gasteiger partial charge in [-0.25, -0.2) is 4.79 Å². The number of carbonyl (C=O) groups excluding carboxylic acids is 1. The number of nitrogens with one attached hydrogen (secondary N) is 1. The van der Waals surface area contributed by atoms with Crippen LogP contribution in [0.2, 0.25) is 0 Å². The fraction of sp³-hybridized carbons (Fsp3) is 0.188. The van der Waals surface area contributed by atoms with Crippen molar-refractivity contribution in [2.75, 3.05) is 18.4 Å². The summed E-state index contributed by atoms with van der Waals surface area (Å²) in [5.41, 5.74) is 7.70. The first-order valence-electron chi connectivity index (χ1n) is 6.55. The summed E-state index contributed by atoms with van der Waals surface area (Å²) in [5.74, 6) is -0.339. The van der Waals surface area contributed by atoms with Crippen molar-refractivity contribution in [3.05, 3.63) is 65.7 Å². The minimum absolute atomic E-state index is 0.269. The van der Waals surface area contributed by atoms with Gasteiger partial charge in [-0.2, -0.15) is 0 Å². The molecule has 20 heavy (non-hydrogen) atoms. The summed E-state index contributed by atoms with van der Waals surface area (Å²) in [5, 5.41) is 3.12. The van der Waals surface area contributed by atoms with E-state index in [2.05, 4.69) is 5.32 Å². The van der Waals surface area contributed by atoms with E-state index in [1.165, 1.54) is 0 Å². The Kier molecular flexibility index (Phi) is 5.15. The van der Waals surface area contributed by atoms with Crippen molar-refractivity contribution in [2.45, 2.75) is 6.61 Å². The lowest BCUT2D eigenvalue weighted by Gasteiger charge is -2.11. The van der Waals surface area contributed by atoms with Crippen LogP contribution in [-0.2, 0) is 11.3 Å². The fourth-order valence-electron chi connectivity index (χ4n) is 1.82. The molecule has 0 aromatic heterocycles. The molecule has 0 amide bonds. The Bertz CT molecular complexity index is 555. The zero-order chi connectivity index (χ0) is 14.2. The number of hydrogen-bond acceptors (Lipinski definition) is 4. The number of ether oxygens (including phenoxy) is 1. The van der Waals surface area contributed by atoms with Crippen molar-refractivity contribution in [1.29, 1.82) is 0 Å². The topological polar surface area (TPSA) is 64.3 Å². The highest BCUT2D eigenvalue weighted by molar-refractivity contribution is 5.95. The maximum atomic E-state index is 12.1. The average Bonchev–Trinajstić information content (AvgIpc) is 2.52. The van der Waals surface area contributed by atoms with Crippen LogP contribution in [-0.4, -0.2) is 19.1 Å². The van der Waals surface area contributed by atoms with Gasteiger partial charge in [-0.1, -0.05) is 42.5 Å². The van der Waals surface area contributed by atoms with Crippen LogP contribution in [0.3, 0.4) is 0 Å². The molecule has 0 saturated heterocycles. The fourth-order valence-corrected chi connectivity index (χ4v) is 1.82. The van der Waals surface area contributed by atoms with E-state index in [9.17, 15) is 4.79 Å². The molecule has 2 aromatic rings. The first kappa shape index (κ1) is 14.1. The van der Waals surface area contributed by atoms with E-state index < -0.39 is 0 Å². The van der Waals surface area contributed by atoms with Gasteiger partial charge in [0.15, 0.2) is 0 Å². The van der Waals surface area contributed by atoms with Gasteiger partial charge < -0.3 is 15.8 Å². The molecule has 0 radical (unpaired) electrons. The molecule has 0 spiro atoms. The molecule has 2 aromatic carbocycles. The Hall–Kier alpha value is -2.33. The molecule has 2 rings (SSSR count). The molecule has 0 bridgehead atoms. The van der Waals surface area contributed by atoms with Crippen molar-refractivity contribution < 1.29 is 9.53 Å². The van der Waals surface area contributed by atoms with E-state index in [0.717, 1.165) is 11.3 Å². The predicted molar refractivity (Wildman–Crippen MR) is 79.5 cm³/mol. The molecule has 3 N–H and O–H groups in total. The van der Waals surface area contributed by atoms with Crippen LogP contribution in [0, 0.1) is 0 Å². The van der Waals surface area contributed by atoms with Gasteiger partial charge in [0, 0.05) is 18.8 Å². The number of nitrogens with two attached hydrogens (primary N) is 1. The Morgan fingerprint density at radius 2 is 1.75 bits per heavy atom. The van der Waals surface area contributed by atoms with E-state index in [-0.39, 0.29) is 12.6 Å². The number of rotatable bonds is 6. The smallest absolute Gasteiger partial charge is 0.340 e. The van der Waals surface area contributed by atoms with Gasteiger partial charge in [-0.3, -0.25) is 0 Å². The second-order valence-electron chi connectivity index (χ2n) is 4.32. The average molecular weight is 270 g/mol. The Morgan fingerprint density at radius 1 is 1.05 bits per heavy atom. The number of hydrogen-bond donors (Lipinski definition) is 2. The van der Waals surface area contributed by atoms with E-state index in [4.69, 9.17) is 10.5 Å². The molecule has 0 fully saturated rings. The molecule has 0 unspecified atom stereocenters. The van der Waals surface area contributed by atoms with Crippen LogP contribution in [0.25, 0.3) is 0 Å². The Morgan fingerprint density at radius 3 is 2.50 bits per heavy atom. The van der Waals surface area contributed by atoms with Crippen molar-refractivity contribution in [1.82, 2.24) is 0 Å². The van der Waals surface area contributed by atoms with Crippen LogP contribution in [0.5, 0.6) is 0 Å². The molecule has 104 valence electrons. The van der Waals surface area contributed by atoms with Crippen LogP contribution in [0.15, 0.2) is 54.6 Å². The van der Waals surface area contributed by atoms with Crippen LogP contribution in [0.1, 0.15) is 15.9 Å². The number of para-hydroxylation sites is 1. The van der Waals surface area contributed by atoms with Gasteiger partial charge in [0.05, 0.1) is 5.56 Å². The van der Waals surface area contributed by atoms with E-state index in [1.54, 1.807) is 6.07 Å². The normalized spacial score (nSPS) is 10.1. The van der Waals surface area contributed by atoms with Gasteiger partial charge in [0.25, 0.3) is 0 Å². The zero-order valence-corrected chi connectivity index (χ0v) is 11.2. The number of esters is 1. The lowest BCUT2D eigenvalue weighted by atomic mass is 10.1. The lowest BCUT2D eigenvalue weighted by molar-refractivity contribution is 0.0474. The SMILES string of the molecule is NCCNc1ccccc1C(=O)OCc1ccccc1. The van der Waals surface area contributed by atoms with Crippen LogP contribution in [0.4, 0.5) is 5.69 Å². The molecule has 0 atom stereocenters. The van der Waals surface area contributed by atoms with Crippen molar-refractivity contribution in [2.24, 2.45) is 5.73 Å². The number of anilines is 1. The minimum Gasteiger partial charge on any atom is -0.457 e. The highest BCUT2D eigenvalue weighted by Crippen LogP contribution is 2.16. The van der Waals surface area contributed by atoms with Gasteiger partial charge in [-0.05, 0) is 17.7 Å². The second-order valence-corrected chi connectivity index (χ2v) is 4.32. The third-order valence-corrected chi connectivity index (χ3v) is 2.82. The summed E-state index contributed by atoms with van der Waals surface area (Å²) in [6.07, 6.45) is 0. The molecule has 0 aliphatic heterocycles. The maximum Gasteiger partial charge on any atom is 0.340 e. The third-order valence-electron chi connectivity index (χ3n) is 2.82. The molecule has 4 nitrogen and oxygen atoms in total. The first-order chi connectivity index (χ1) is 9.81. The summed E-state index contributed by atoms with van der Waals surface area (Å²) < 4.78 is 5.32. The van der Waals surface area contributed by atoms with Gasteiger partial charge in [-0.15, -0.1) is 0 Å². The highest BCUT2D eigenvalue weighted by atomic mass is 16.5. The van der Waals surface area contributed by atoms with Crippen molar-refractivity contribution >= 4 is 11.7 Å². The van der Waals surface area contributed by atoms with E-state index in [0.29, 0.717) is 18.7 Å². The number of carbonyl (C=O) groups is 1. The monoisotopic (exact) mass is 270 g/mol. The molecule has 4 heteroatoms. The Balaban J connectivity index is 2.01. The lowest BCUT2D eigenvalue weighted by Crippen LogP contribution is -2.16. The third kappa shape index (κ3) is 3.83. The molecular weight excluding hydrogens is 252 g/mol.